The van der Waals surface area contributed by atoms with Crippen molar-refractivity contribution in [2.24, 2.45) is 0 Å². The summed E-state index contributed by atoms with van der Waals surface area (Å²) < 4.78 is 2.56. The lowest BCUT2D eigenvalue weighted by atomic mass is 10.3. The molecular formula is C13H14Cl2N4OS. The summed E-state index contributed by atoms with van der Waals surface area (Å²) >= 11 is 13.2. The van der Waals surface area contributed by atoms with Gasteiger partial charge in [-0.25, -0.2) is 4.79 Å². The van der Waals surface area contributed by atoms with Gasteiger partial charge in [0.05, 0.1) is 28.1 Å². The summed E-state index contributed by atoms with van der Waals surface area (Å²) in [5.41, 5.74) is 0. The van der Waals surface area contributed by atoms with Crippen molar-refractivity contribution in [2.75, 3.05) is 13.1 Å². The monoisotopic (exact) mass is 344 g/mol. The zero-order chi connectivity index (χ0) is 14.8. The van der Waals surface area contributed by atoms with Gasteiger partial charge in [0, 0.05) is 24.2 Å². The van der Waals surface area contributed by atoms with Crippen LogP contribution in [0.3, 0.4) is 0 Å². The number of urea groups is 1. The van der Waals surface area contributed by atoms with Crippen LogP contribution in [0, 0.1) is 0 Å². The highest BCUT2D eigenvalue weighted by Crippen LogP contribution is 2.23. The van der Waals surface area contributed by atoms with Crippen molar-refractivity contribution in [1.82, 2.24) is 20.0 Å². The van der Waals surface area contributed by atoms with Gasteiger partial charge in [0.25, 0.3) is 0 Å². The second-order valence-electron chi connectivity index (χ2n) is 4.89. The second kappa shape index (κ2) is 6.25. The summed E-state index contributed by atoms with van der Waals surface area (Å²) in [5, 5.41) is 7.73. The third kappa shape index (κ3) is 3.51. The van der Waals surface area contributed by atoms with Crippen molar-refractivity contribution in [2.45, 2.75) is 19.0 Å². The van der Waals surface area contributed by atoms with Crippen LogP contribution in [-0.4, -0.2) is 33.8 Å². The van der Waals surface area contributed by atoms with Gasteiger partial charge in [-0.2, -0.15) is 5.10 Å². The number of halogens is 2. The average Bonchev–Trinajstić information content (AvgIpc) is 3.16. The number of nitrogens with one attached hydrogen (secondary N) is 1. The molecule has 0 saturated carbocycles. The molecule has 1 saturated heterocycles. The first-order valence-electron chi connectivity index (χ1n) is 6.58. The standard InChI is InChI=1S/C13H14Cl2N4OS/c14-9-5-17-19(7-9)10-3-4-18(8-10)13(20)16-6-11-1-2-12(15)21-11/h1-2,5,7,10H,3-4,6,8H2,(H,16,20). The van der Waals surface area contributed by atoms with Crippen LogP contribution in [0.25, 0.3) is 0 Å². The van der Waals surface area contributed by atoms with Crippen LogP contribution < -0.4 is 5.32 Å². The van der Waals surface area contributed by atoms with E-state index in [1.807, 2.05) is 16.8 Å². The van der Waals surface area contributed by atoms with E-state index in [9.17, 15) is 4.79 Å². The molecule has 1 N–H and O–H groups in total. The Morgan fingerprint density at radius 2 is 2.33 bits per heavy atom. The third-order valence-electron chi connectivity index (χ3n) is 3.44. The van der Waals surface area contributed by atoms with Gasteiger partial charge < -0.3 is 10.2 Å². The lowest BCUT2D eigenvalue weighted by molar-refractivity contribution is 0.206. The molecule has 1 atom stereocenters. The molecular weight excluding hydrogens is 331 g/mol. The highest BCUT2D eigenvalue weighted by molar-refractivity contribution is 7.16. The highest BCUT2D eigenvalue weighted by Gasteiger charge is 2.27. The Bertz CT molecular complexity index is 642. The number of nitrogens with zero attached hydrogens (tertiary/aromatic N) is 3. The molecule has 1 aliphatic heterocycles. The van der Waals surface area contributed by atoms with Gasteiger partial charge in [-0.15, -0.1) is 11.3 Å². The fourth-order valence-corrected chi connectivity index (χ4v) is 3.55. The molecule has 8 heteroatoms. The van der Waals surface area contributed by atoms with Crippen LogP contribution in [0.2, 0.25) is 9.36 Å². The molecule has 3 rings (SSSR count). The minimum atomic E-state index is -0.0553. The molecule has 0 bridgehead atoms. The molecule has 2 aromatic rings. The summed E-state index contributed by atoms with van der Waals surface area (Å²) in [6.45, 7) is 1.87. The quantitative estimate of drug-likeness (QED) is 0.927. The molecule has 1 unspecified atom stereocenters. The van der Waals surface area contributed by atoms with E-state index in [1.165, 1.54) is 11.3 Å². The molecule has 3 heterocycles. The Kier molecular flexibility index (Phi) is 4.37. The van der Waals surface area contributed by atoms with Crippen molar-refractivity contribution in [3.63, 3.8) is 0 Å². The van der Waals surface area contributed by atoms with Crippen molar-refractivity contribution in [3.8, 4) is 0 Å². The first kappa shape index (κ1) is 14.7. The number of aromatic nitrogens is 2. The third-order valence-corrected chi connectivity index (χ3v) is 4.86. The lowest BCUT2D eigenvalue weighted by Crippen LogP contribution is -2.38. The maximum absolute atomic E-state index is 12.1. The average molecular weight is 345 g/mol. The number of amides is 2. The van der Waals surface area contributed by atoms with E-state index >= 15 is 0 Å². The number of carbonyl (C=O) groups is 1. The Labute approximate surface area is 136 Å². The van der Waals surface area contributed by atoms with Gasteiger partial charge in [-0.3, -0.25) is 4.68 Å². The lowest BCUT2D eigenvalue weighted by Gasteiger charge is -2.17. The Hall–Kier alpha value is -1.24. The largest absolute Gasteiger partial charge is 0.333 e. The highest BCUT2D eigenvalue weighted by atomic mass is 35.5. The smallest absolute Gasteiger partial charge is 0.317 e. The van der Waals surface area contributed by atoms with Gasteiger partial charge in [-0.05, 0) is 18.6 Å². The van der Waals surface area contributed by atoms with Crippen molar-refractivity contribution < 1.29 is 4.79 Å². The summed E-state index contributed by atoms with van der Waals surface area (Å²) in [6, 6.07) is 3.90. The molecule has 1 aliphatic rings. The fraction of sp³-hybridized carbons (Fsp3) is 0.385. The van der Waals surface area contributed by atoms with E-state index in [-0.39, 0.29) is 12.1 Å². The molecule has 0 aromatic carbocycles. The van der Waals surface area contributed by atoms with E-state index in [4.69, 9.17) is 23.2 Å². The number of thiophene rings is 1. The molecule has 2 amide bonds. The SMILES string of the molecule is O=C(NCc1ccc(Cl)s1)N1CCC(n2cc(Cl)cn2)C1. The maximum atomic E-state index is 12.1. The zero-order valence-electron chi connectivity index (χ0n) is 11.1. The summed E-state index contributed by atoms with van der Waals surface area (Å²) in [4.78, 5) is 15.0. The van der Waals surface area contributed by atoms with Crippen LogP contribution in [0.5, 0.6) is 0 Å². The van der Waals surface area contributed by atoms with E-state index in [0.717, 1.165) is 22.2 Å². The molecule has 21 heavy (non-hydrogen) atoms. The van der Waals surface area contributed by atoms with E-state index in [1.54, 1.807) is 17.3 Å². The van der Waals surface area contributed by atoms with Crippen LogP contribution in [0.15, 0.2) is 24.5 Å². The van der Waals surface area contributed by atoms with Crippen LogP contribution in [0.1, 0.15) is 17.3 Å². The molecule has 112 valence electrons. The molecule has 5 nitrogen and oxygen atoms in total. The predicted molar refractivity (Wildman–Crippen MR) is 84.0 cm³/mol. The first-order valence-corrected chi connectivity index (χ1v) is 8.16. The van der Waals surface area contributed by atoms with Gasteiger partial charge in [-0.1, -0.05) is 23.2 Å². The number of hydrogen-bond donors (Lipinski definition) is 1. The molecule has 1 fully saturated rings. The fourth-order valence-electron chi connectivity index (χ4n) is 2.38. The topological polar surface area (TPSA) is 50.2 Å². The van der Waals surface area contributed by atoms with Crippen LogP contribution >= 0.6 is 34.5 Å². The number of likely N-dealkylation sites (tertiary alicyclic amines) is 1. The van der Waals surface area contributed by atoms with E-state index < -0.39 is 0 Å². The van der Waals surface area contributed by atoms with Gasteiger partial charge in [0.2, 0.25) is 0 Å². The van der Waals surface area contributed by atoms with Gasteiger partial charge in [0.1, 0.15) is 0 Å². The predicted octanol–water partition coefficient (Wildman–Crippen LogP) is 3.41. The molecule has 0 radical (unpaired) electrons. The minimum Gasteiger partial charge on any atom is -0.333 e. The maximum Gasteiger partial charge on any atom is 0.317 e. The van der Waals surface area contributed by atoms with E-state index in [0.29, 0.717) is 18.1 Å². The minimum absolute atomic E-state index is 0.0553. The number of rotatable bonds is 3. The normalized spacial score (nSPS) is 18.2. The summed E-state index contributed by atoms with van der Waals surface area (Å²) in [7, 11) is 0. The Morgan fingerprint density at radius 1 is 1.48 bits per heavy atom. The van der Waals surface area contributed by atoms with Crippen LogP contribution in [-0.2, 0) is 6.54 Å². The van der Waals surface area contributed by atoms with E-state index in [2.05, 4.69) is 10.4 Å². The molecule has 2 aromatic heterocycles. The summed E-state index contributed by atoms with van der Waals surface area (Å²) in [5.74, 6) is 0. The Morgan fingerprint density at radius 3 is 3.00 bits per heavy atom. The molecule has 0 spiro atoms. The van der Waals surface area contributed by atoms with Crippen molar-refractivity contribution >= 4 is 40.6 Å². The Balaban J connectivity index is 1.52. The zero-order valence-corrected chi connectivity index (χ0v) is 13.5. The number of hydrogen-bond acceptors (Lipinski definition) is 3. The van der Waals surface area contributed by atoms with Crippen LogP contribution in [0.4, 0.5) is 4.79 Å². The number of carbonyl (C=O) groups excluding carboxylic acids is 1. The molecule has 0 aliphatic carbocycles. The first-order chi connectivity index (χ1) is 10.1. The second-order valence-corrected chi connectivity index (χ2v) is 7.13. The summed E-state index contributed by atoms with van der Waals surface area (Å²) in [6.07, 6.45) is 4.29. The van der Waals surface area contributed by atoms with Gasteiger partial charge in [0.15, 0.2) is 0 Å². The van der Waals surface area contributed by atoms with Gasteiger partial charge >= 0.3 is 6.03 Å². The van der Waals surface area contributed by atoms with Crippen molar-refractivity contribution in [3.05, 3.63) is 38.8 Å². The van der Waals surface area contributed by atoms with Crippen molar-refractivity contribution in [1.29, 1.82) is 0 Å².